The zero-order chi connectivity index (χ0) is 22.7. The molecule has 7 heteroatoms. The standard InChI is InChI=1S/C25H27N5O2/c1-16(2)32-23-12-8-6-10-20(23)14-26-24-13-22(28-18(4)29-24)17(3)30-25(31)21-11-7-5-9-19(21)15-27-30/h5-13,15-17H,14H2,1-4H3,(H,26,28,29)/t17-/m0/s1. The Kier molecular flexibility index (Phi) is 6.16. The second kappa shape index (κ2) is 9.18. The topological polar surface area (TPSA) is 81.9 Å². The van der Waals surface area contributed by atoms with Crippen molar-refractivity contribution < 1.29 is 4.74 Å². The predicted molar refractivity (Wildman–Crippen MR) is 126 cm³/mol. The molecule has 0 unspecified atom stereocenters. The molecule has 0 aliphatic carbocycles. The van der Waals surface area contributed by atoms with E-state index in [1.165, 1.54) is 4.68 Å². The van der Waals surface area contributed by atoms with Gasteiger partial charge in [0.2, 0.25) is 0 Å². The highest BCUT2D eigenvalue weighted by Crippen LogP contribution is 2.22. The molecule has 0 aliphatic heterocycles. The van der Waals surface area contributed by atoms with Gasteiger partial charge in [-0.1, -0.05) is 36.4 Å². The van der Waals surface area contributed by atoms with Crippen LogP contribution in [0.25, 0.3) is 10.8 Å². The van der Waals surface area contributed by atoms with Crippen LogP contribution < -0.4 is 15.6 Å². The first-order valence-corrected chi connectivity index (χ1v) is 10.7. The first-order valence-electron chi connectivity index (χ1n) is 10.7. The van der Waals surface area contributed by atoms with Gasteiger partial charge in [-0.25, -0.2) is 14.6 Å². The van der Waals surface area contributed by atoms with Gasteiger partial charge in [0.15, 0.2) is 0 Å². The number of nitrogens with one attached hydrogen (secondary N) is 1. The predicted octanol–water partition coefficient (Wildman–Crippen LogP) is 4.50. The van der Waals surface area contributed by atoms with Gasteiger partial charge >= 0.3 is 0 Å². The Morgan fingerprint density at radius 2 is 1.78 bits per heavy atom. The molecular formula is C25H27N5O2. The Bertz CT molecular complexity index is 1300. The lowest BCUT2D eigenvalue weighted by Gasteiger charge is -2.17. The number of aromatic nitrogens is 4. The van der Waals surface area contributed by atoms with E-state index in [9.17, 15) is 4.79 Å². The molecule has 0 radical (unpaired) electrons. The highest BCUT2D eigenvalue weighted by molar-refractivity contribution is 5.80. The average Bonchev–Trinajstić information content (AvgIpc) is 2.78. The van der Waals surface area contributed by atoms with Gasteiger partial charge < -0.3 is 10.1 Å². The second-order valence-corrected chi connectivity index (χ2v) is 8.01. The number of benzene rings is 2. The summed E-state index contributed by atoms with van der Waals surface area (Å²) in [5.74, 6) is 2.16. The van der Waals surface area contributed by atoms with Crippen LogP contribution in [0.2, 0.25) is 0 Å². The molecular weight excluding hydrogens is 402 g/mol. The number of para-hydroxylation sites is 1. The van der Waals surface area contributed by atoms with E-state index in [0.717, 1.165) is 22.4 Å². The third-order valence-electron chi connectivity index (χ3n) is 5.17. The van der Waals surface area contributed by atoms with Crippen molar-refractivity contribution in [1.29, 1.82) is 0 Å². The van der Waals surface area contributed by atoms with E-state index >= 15 is 0 Å². The SMILES string of the molecule is Cc1nc(NCc2ccccc2OC(C)C)cc([C@H](C)n2ncc3ccccc3c2=O)n1. The van der Waals surface area contributed by atoms with Gasteiger partial charge in [0.1, 0.15) is 17.4 Å². The number of hydrogen-bond donors (Lipinski definition) is 1. The Labute approximate surface area is 187 Å². The Morgan fingerprint density at radius 3 is 2.59 bits per heavy atom. The van der Waals surface area contributed by atoms with Crippen LogP contribution >= 0.6 is 0 Å². The third-order valence-corrected chi connectivity index (χ3v) is 5.17. The molecule has 2 aromatic carbocycles. The van der Waals surface area contributed by atoms with Gasteiger partial charge in [-0.15, -0.1) is 0 Å². The Balaban J connectivity index is 1.60. The van der Waals surface area contributed by atoms with Crippen LogP contribution in [0.1, 0.15) is 43.9 Å². The summed E-state index contributed by atoms with van der Waals surface area (Å²) in [6.45, 7) is 8.33. The van der Waals surface area contributed by atoms with E-state index in [-0.39, 0.29) is 17.7 Å². The van der Waals surface area contributed by atoms with E-state index in [0.29, 0.717) is 23.6 Å². The number of ether oxygens (including phenoxy) is 1. The summed E-state index contributed by atoms with van der Waals surface area (Å²) in [7, 11) is 0. The molecule has 0 bridgehead atoms. The minimum atomic E-state index is -0.342. The molecule has 2 aromatic heterocycles. The maximum absolute atomic E-state index is 13.0. The maximum atomic E-state index is 13.0. The van der Waals surface area contributed by atoms with Crippen LogP contribution in [0.15, 0.2) is 65.6 Å². The fourth-order valence-corrected chi connectivity index (χ4v) is 3.61. The van der Waals surface area contributed by atoms with Crippen LogP contribution in [0.4, 0.5) is 5.82 Å². The van der Waals surface area contributed by atoms with Crippen LogP contribution in [-0.2, 0) is 6.54 Å². The van der Waals surface area contributed by atoms with Gasteiger partial charge in [0, 0.05) is 23.6 Å². The van der Waals surface area contributed by atoms with Gasteiger partial charge in [-0.2, -0.15) is 5.10 Å². The molecule has 1 atom stereocenters. The summed E-state index contributed by atoms with van der Waals surface area (Å²) in [6, 6.07) is 16.9. The van der Waals surface area contributed by atoms with E-state index in [1.807, 2.05) is 82.3 Å². The monoisotopic (exact) mass is 429 g/mol. The number of hydrogen-bond acceptors (Lipinski definition) is 6. The lowest BCUT2D eigenvalue weighted by atomic mass is 10.1. The van der Waals surface area contributed by atoms with Crippen molar-refractivity contribution in [3.8, 4) is 5.75 Å². The number of aryl methyl sites for hydroxylation is 1. The third kappa shape index (κ3) is 4.61. The molecule has 32 heavy (non-hydrogen) atoms. The van der Waals surface area contributed by atoms with Crippen molar-refractivity contribution in [3.63, 3.8) is 0 Å². The zero-order valence-electron chi connectivity index (χ0n) is 18.7. The Hall–Kier alpha value is -3.74. The summed E-state index contributed by atoms with van der Waals surface area (Å²) in [4.78, 5) is 22.1. The van der Waals surface area contributed by atoms with Gasteiger partial charge in [0.25, 0.3) is 5.56 Å². The van der Waals surface area contributed by atoms with Crippen molar-refractivity contribution in [2.75, 3.05) is 5.32 Å². The summed E-state index contributed by atoms with van der Waals surface area (Å²) in [6.07, 6.45) is 1.81. The van der Waals surface area contributed by atoms with Gasteiger partial charge in [-0.3, -0.25) is 4.79 Å². The highest BCUT2D eigenvalue weighted by atomic mass is 16.5. The smallest absolute Gasteiger partial charge is 0.275 e. The molecule has 0 amide bonds. The number of rotatable bonds is 7. The maximum Gasteiger partial charge on any atom is 0.275 e. The van der Waals surface area contributed by atoms with E-state index in [4.69, 9.17) is 4.74 Å². The van der Waals surface area contributed by atoms with Crippen molar-refractivity contribution in [1.82, 2.24) is 19.7 Å². The van der Waals surface area contributed by atoms with Crippen LogP contribution in [-0.4, -0.2) is 25.9 Å². The van der Waals surface area contributed by atoms with Crippen molar-refractivity contribution >= 4 is 16.6 Å². The van der Waals surface area contributed by atoms with Crippen LogP contribution in [0.5, 0.6) is 5.75 Å². The highest BCUT2D eigenvalue weighted by Gasteiger charge is 2.16. The van der Waals surface area contributed by atoms with Crippen molar-refractivity contribution in [2.45, 2.75) is 46.4 Å². The first kappa shape index (κ1) is 21.5. The Morgan fingerprint density at radius 1 is 1.03 bits per heavy atom. The molecule has 0 fully saturated rings. The van der Waals surface area contributed by atoms with Gasteiger partial charge in [0.05, 0.1) is 29.4 Å². The summed E-state index contributed by atoms with van der Waals surface area (Å²) < 4.78 is 7.38. The lowest BCUT2D eigenvalue weighted by molar-refractivity contribution is 0.240. The largest absolute Gasteiger partial charge is 0.491 e. The molecule has 2 heterocycles. The number of fused-ring (bicyclic) bond motifs is 1. The quantitative estimate of drug-likeness (QED) is 0.466. The van der Waals surface area contributed by atoms with E-state index in [2.05, 4.69) is 20.4 Å². The lowest BCUT2D eigenvalue weighted by Crippen LogP contribution is -2.27. The second-order valence-electron chi connectivity index (χ2n) is 8.01. The normalized spacial score (nSPS) is 12.2. The molecule has 4 aromatic rings. The van der Waals surface area contributed by atoms with Crippen molar-refractivity contribution in [2.24, 2.45) is 0 Å². The summed E-state index contributed by atoms with van der Waals surface area (Å²) in [5, 5.41) is 9.21. The molecule has 4 rings (SSSR count). The number of nitrogens with zero attached hydrogens (tertiary/aromatic N) is 4. The molecule has 0 spiro atoms. The molecule has 0 aliphatic rings. The van der Waals surface area contributed by atoms with Crippen LogP contribution in [0.3, 0.4) is 0 Å². The van der Waals surface area contributed by atoms with Crippen molar-refractivity contribution in [3.05, 3.63) is 88.2 Å². The van der Waals surface area contributed by atoms with Crippen LogP contribution in [0, 0.1) is 6.92 Å². The molecule has 7 nitrogen and oxygen atoms in total. The summed E-state index contributed by atoms with van der Waals surface area (Å²) in [5.41, 5.74) is 1.62. The average molecular weight is 430 g/mol. The fraction of sp³-hybridized carbons (Fsp3) is 0.280. The van der Waals surface area contributed by atoms with E-state index < -0.39 is 0 Å². The summed E-state index contributed by atoms with van der Waals surface area (Å²) >= 11 is 0. The molecule has 0 saturated heterocycles. The minimum absolute atomic E-state index is 0.0951. The molecule has 164 valence electrons. The first-order chi connectivity index (χ1) is 15.4. The minimum Gasteiger partial charge on any atom is -0.491 e. The number of anilines is 1. The molecule has 1 N–H and O–H groups in total. The zero-order valence-corrected chi connectivity index (χ0v) is 18.7. The van der Waals surface area contributed by atoms with E-state index in [1.54, 1.807) is 6.20 Å². The van der Waals surface area contributed by atoms with Gasteiger partial charge in [-0.05, 0) is 39.8 Å². The molecule has 0 saturated carbocycles. The fourth-order valence-electron chi connectivity index (χ4n) is 3.61.